The van der Waals surface area contributed by atoms with Crippen LogP contribution >= 0.6 is 15.9 Å². The van der Waals surface area contributed by atoms with Crippen LogP contribution in [0.25, 0.3) is 16.5 Å². The number of rotatable bonds is 8. The minimum absolute atomic E-state index is 0.232. The van der Waals surface area contributed by atoms with Crippen LogP contribution < -0.4 is 10.1 Å². The molecule has 6 nitrogen and oxygen atoms in total. The minimum Gasteiger partial charge on any atom is -0.492 e. The number of alkyl halides is 1. The molecule has 1 N–H and O–H groups in total. The molecule has 0 saturated heterocycles. The number of ether oxygens (including phenoxy) is 2. The lowest BCUT2D eigenvalue weighted by Crippen LogP contribution is -2.26. The van der Waals surface area contributed by atoms with Crippen LogP contribution in [0.1, 0.15) is 16.1 Å². The number of hydrogen-bond acceptors (Lipinski definition) is 5. The topological polar surface area (TPSA) is 77.8 Å². The number of furan rings is 1. The zero-order valence-corrected chi connectivity index (χ0v) is 17.4. The second-order valence-corrected chi connectivity index (χ2v) is 6.67. The van der Waals surface area contributed by atoms with Crippen LogP contribution in [0.15, 0.2) is 65.1 Å². The van der Waals surface area contributed by atoms with Gasteiger partial charge in [-0.3, -0.25) is 4.79 Å². The van der Waals surface area contributed by atoms with Gasteiger partial charge in [-0.15, -0.1) is 0 Å². The molecule has 7 heteroatoms. The summed E-state index contributed by atoms with van der Waals surface area (Å²) in [5.41, 5.74) is 1.98. The Morgan fingerprint density at radius 3 is 2.59 bits per heavy atom. The average molecular weight is 458 g/mol. The maximum atomic E-state index is 12.2. The molecule has 2 aromatic carbocycles. The van der Waals surface area contributed by atoms with Crippen molar-refractivity contribution in [2.75, 3.05) is 25.6 Å². The summed E-state index contributed by atoms with van der Waals surface area (Å²) in [6.07, 6.45) is 1.51. The number of allylic oxidation sites excluding steroid dienone is 1. The fourth-order valence-corrected chi connectivity index (χ4v) is 3.11. The quantitative estimate of drug-likeness (QED) is 0.237. The second kappa shape index (κ2) is 9.93. The molecule has 0 radical (unpaired) electrons. The first kappa shape index (κ1) is 20.7. The van der Waals surface area contributed by atoms with E-state index < -0.39 is 5.97 Å². The number of para-hydroxylation sites is 1. The first-order valence-electron chi connectivity index (χ1n) is 8.95. The summed E-state index contributed by atoms with van der Waals surface area (Å²) < 4.78 is 16.0. The summed E-state index contributed by atoms with van der Waals surface area (Å²) >= 11 is 3.41. The van der Waals surface area contributed by atoms with Gasteiger partial charge in [0.05, 0.1) is 19.2 Å². The van der Waals surface area contributed by atoms with Gasteiger partial charge in [0.1, 0.15) is 23.7 Å². The van der Waals surface area contributed by atoms with E-state index in [1.807, 2.05) is 30.3 Å². The van der Waals surface area contributed by atoms with Gasteiger partial charge in [0.25, 0.3) is 0 Å². The van der Waals surface area contributed by atoms with Gasteiger partial charge < -0.3 is 19.2 Å². The van der Waals surface area contributed by atoms with E-state index in [1.54, 1.807) is 24.3 Å². The van der Waals surface area contributed by atoms with Gasteiger partial charge in [-0.25, -0.2) is 4.79 Å². The monoisotopic (exact) mass is 457 g/mol. The van der Waals surface area contributed by atoms with E-state index in [-0.39, 0.29) is 5.91 Å². The molecule has 1 amide bonds. The van der Waals surface area contributed by atoms with Gasteiger partial charge in [0.2, 0.25) is 5.91 Å². The Hall–Kier alpha value is -3.06. The van der Waals surface area contributed by atoms with E-state index >= 15 is 0 Å². The Bertz CT molecular complexity index is 990. The zero-order valence-electron chi connectivity index (χ0n) is 15.8. The molecular formula is C22H20BrNO5. The van der Waals surface area contributed by atoms with Gasteiger partial charge in [-0.1, -0.05) is 34.1 Å². The lowest BCUT2D eigenvalue weighted by atomic mass is 10.2. The molecule has 0 bridgehead atoms. The van der Waals surface area contributed by atoms with Crippen molar-refractivity contribution in [2.45, 2.75) is 0 Å². The summed E-state index contributed by atoms with van der Waals surface area (Å²) in [5.74, 6) is 0.623. The van der Waals surface area contributed by atoms with E-state index in [2.05, 4.69) is 26.0 Å². The number of fused-ring (bicyclic) bond motifs is 1. The number of halogens is 1. The molecular weight excluding hydrogens is 438 g/mol. The molecule has 0 spiro atoms. The maximum Gasteiger partial charge on any atom is 0.337 e. The van der Waals surface area contributed by atoms with E-state index in [0.29, 0.717) is 35.6 Å². The van der Waals surface area contributed by atoms with Gasteiger partial charge in [0.15, 0.2) is 0 Å². The van der Waals surface area contributed by atoms with Gasteiger partial charge in [0, 0.05) is 22.4 Å². The third-order valence-corrected chi connectivity index (χ3v) is 4.74. The molecule has 0 unspecified atom stereocenters. The molecule has 1 aromatic heterocycles. The molecule has 3 rings (SSSR count). The Morgan fingerprint density at radius 1 is 1.14 bits per heavy atom. The van der Waals surface area contributed by atoms with Crippen LogP contribution in [0.4, 0.5) is 0 Å². The normalized spacial score (nSPS) is 11.3. The fourth-order valence-electron chi connectivity index (χ4n) is 2.67. The maximum absolute atomic E-state index is 12.2. The van der Waals surface area contributed by atoms with Gasteiger partial charge in [-0.05, 0) is 36.4 Å². The number of hydrogen-bond donors (Lipinski definition) is 1. The Morgan fingerprint density at radius 2 is 1.90 bits per heavy atom. The minimum atomic E-state index is -0.400. The summed E-state index contributed by atoms with van der Waals surface area (Å²) in [5, 5.41) is 4.26. The summed E-state index contributed by atoms with van der Waals surface area (Å²) in [4.78, 5) is 23.6. The lowest BCUT2D eigenvalue weighted by Gasteiger charge is -2.07. The van der Waals surface area contributed by atoms with Crippen molar-refractivity contribution in [3.63, 3.8) is 0 Å². The van der Waals surface area contributed by atoms with Crippen molar-refractivity contribution in [3.05, 3.63) is 72.0 Å². The third kappa shape index (κ3) is 5.48. The number of nitrogens with one attached hydrogen (secondary N) is 1. The van der Waals surface area contributed by atoms with E-state index in [0.717, 1.165) is 16.5 Å². The standard InChI is InChI=1S/C22H20BrNO5/c1-27-22(26)15-6-8-18(9-7-15)28-11-10-24-21(25)13-17(14-23)20-12-16-4-2-3-5-19(16)29-20/h2-9,12-13H,10-11,14H2,1H3,(H,24,25). The molecule has 0 fully saturated rings. The average Bonchev–Trinajstić information content (AvgIpc) is 3.19. The van der Waals surface area contributed by atoms with Crippen molar-refractivity contribution < 1.29 is 23.5 Å². The van der Waals surface area contributed by atoms with Crippen molar-refractivity contribution in [1.29, 1.82) is 0 Å². The fraction of sp³-hybridized carbons (Fsp3) is 0.182. The molecule has 150 valence electrons. The van der Waals surface area contributed by atoms with Crippen LogP contribution in [-0.4, -0.2) is 37.5 Å². The summed E-state index contributed by atoms with van der Waals surface area (Å²) in [6.45, 7) is 0.634. The molecule has 29 heavy (non-hydrogen) atoms. The smallest absolute Gasteiger partial charge is 0.337 e. The second-order valence-electron chi connectivity index (χ2n) is 6.11. The first-order chi connectivity index (χ1) is 14.1. The van der Waals surface area contributed by atoms with Crippen molar-refractivity contribution >= 4 is 44.3 Å². The van der Waals surface area contributed by atoms with E-state index in [4.69, 9.17) is 9.15 Å². The summed E-state index contributed by atoms with van der Waals surface area (Å²) in [7, 11) is 1.33. The van der Waals surface area contributed by atoms with Crippen molar-refractivity contribution in [2.24, 2.45) is 0 Å². The van der Waals surface area contributed by atoms with Crippen LogP contribution in [0.2, 0.25) is 0 Å². The SMILES string of the molecule is COC(=O)c1ccc(OCCNC(=O)C=C(CBr)c2cc3ccccc3o2)cc1. The highest BCUT2D eigenvalue weighted by Gasteiger charge is 2.10. The number of carbonyl (C=O) groups excluding carboxylic acids is 2. The molecule has 0 saturated carbocycles. The highest BCUT2D eigenvalue weighted by atomic mass is 79.9. The van der Waals surface area contributed by atoms with Crippen LogP contribution in [0.3, 0.4) is 0 Å². The molecule has 0 aliphatic rings. The molecule has 0 atom stereocenters. The Kier molecular flexibility index (Phi) is 7.08. The Labute approximate surface area is 176 Å². The lowest BCUT2D eigenvalue weighted by molar-refractivity contribution is -0.116. The van der Waals surface area contributed by atoms with Crippen LogP contribution in [0, 0.1) is 0 Å². The van der Waals surface area contributed by atoms with Crippen molar-refractivity contribution in [3.8, 4) is 5.75 Å². The number of methoxy groups -OCH3 is 1. The third-order valence-electron chi connectivity index (χ3n) is 4.14. The molecule has 0 aliphatic carbocycles. The van der Waals surface area contributed by atoms with E-state index in [1.165, 1.54) is 13.2 Å². The number of carbonyl (C=O) groups is 2. The predicted molar refractivity (Wildman–Crippen MR) is 114 cm³/mol. The number of amides is 1. The largest absolute Gasteiger partial charge is 0.492 e. The Balaban J connectivity index is 1.51. The van der Waals surface area contributed by atoms with Gasteiger partial charge >= 0.3 is 5.97 Å². The van der Waals surface area contributed by atoms with E-state index in [9.17, 15) is 9.59 Å². The highest BCUT2D eigenvalue weighted by Crippen LogP contribution is 2.25. The summed E-state index contributed by atoms with van der Waals surface area (Å²) in [6, 6.07) is 16.2. The zero-order chi connectivity index (χ0) is 20.6. The highest BCUT2D eigenvalue weighted by molar-refractivity contribution is 9.09. The first-order valence-corrected chi connectivity index (χ1v) is 10.1. The van der Waals surface area contributed by atoms with Crippen LogP contribution in [-0.2, 0) is 9.53 Å². The molecule has 1 heterocycles. The van der Waals surface area contributed by atoms with Gasteiger partial charge in [-0.2, -0.15) is 0 Å². The number of esters is 1. The predicted octanol–water partition coefficient (Wildman–Crippen LogP) is 4.19. The van der Waals surface area contributed by atoms with Crippen LogP contribution in [0.5, 0.6) is 5.75 Å². The molecule has 3 aromatic rings. The number of benzene rings is 2. The molecule has 0 aliphatic heterocycles. The van der Waals surface area contributed by atoms with Crippen molar-refractivity contribution in [1.82, 2.24) is 5.32 Å².